The second-order valence-corrected chi connectivity index (χ2v) is 7.53. The minimum Gasteiger partial charge on any atom is -0.492 e. The molecule has 0 spiro atoms. The van der Waals surface area contributed by atoms with Gasteiger partial charge in [0.05, 0.1) is 10.6 Å². The van der Waals surface area contributed by atoms with Gasteiger partial charge in [0.2, 0.25) is 5.88 Å². The summed E-state index contributed by atoms with van der Waals surface area (Å²) in [5.41, 5.74) is 5.88. The van der Waals surface area contributed by atoms with Crippen LogP contribution in [0.5, 0.6) is 5.88 Å². The summed E-state index contributed by atoms with van der Waals surface area (Å²) >= 11 is 7.45. The van der Waals surface area contributed by atoms with Gasteiger partial charge in [-0.2, -0.15) is 4.98 Å². The number of aryl methyl sites for hydroxylation is 1. The number of hydrogen-bond donors (Lipinski definition) is 2. The molecular formula is C20H16ClN3OS. The average molecular weight is 382 g/mol. The highest BCUT2D eigenvalue weighted by Crippen LogP contribution is 2.39. The minimum atomic E-state index is 0.00172. The van der Waals surface area contributed by atoms with E-state index in [-0.39, 0.29) is 5.88 Å². The monoisotopic (exact) mass is 381 g/mol. The molecule has 0 saturated heterocycles. The van der Waals surface area contributed by atoms with Gasteiger partial charge in [-0.25, -0.2) is 0 Å². The first-order chi connectivity index (χ1) is 12.5. The number of aromatic nitrogens is 1. The van der Waals surface area contributed by atoms with Crippen LogP contribution < -0.4 is 5.32 Å². The molecule has 2 N–H and O–H groups in total. The summed E-state index contributed by atoms with van der Waals surface area (Å²) in [5.74, 6) is 0.00172. The van der Waals surface area contributed by atoms with E-state index in [1.807, 2.05) is 62.4 Å². The molecule has 4 rings (SSSR count). The van der Waals surface area contributed by atoms with E-state index in [1.165, 1.54) is 11.3 Å². The number of rotatable bonds is 3. The Bertz CT molecular complexity index is 1070. The summed E-state index contributed by atoms with van der Waals surface area (Å²) < 4.78 is 0. The third-order valence-corrected chi connectivity index (χ3v) is 5.37. The maximum absolute atomic E-state index is 10.3. The number of fused-ring (bicyclic) bond motifs is 1. The van der Waals surface area contributed by atoms with Crippen LogP contribution in [0.2, 0.25) is 5.02 Å². The summed E-state index contributed by atoms with van der Waals surface area (Å²) in [5, 5.41) is 14.8. The lowest BCUT2D eigenvalue weighted by molar-refractivity contribution is 0.457. The molecule has 0 radical (unpaired) electrons. The lowest BCUT2D eigenvalue weighted by atomic mass is 10.0. The number of nitrogens with zero attached hydrogens (tertiary/aromatic N) is 2. The van der Waals surface area contributed by atoms with E-state index in [1.54, 1.807) is 0 Å². The summed E-state index contributed by atoms with van der Waals surface area (Å²) in [6.07, 6.45) is 1.94. The van der Waals surface area contributed by atoms with Gasteiger partial charge in [0, 0.05) is 27.6 Å². The van der Waals surface area contributed by atoms with Crippen molar-refractivity contribution in [3.8, 4) is 5.88 Å². The molecule has 2 aromatic carbocycles. The van der Waals surface area contributed by atoms with Gasteiger partial charge in [-0.05, 0) is 43.7 Å². The molecule has 2 heterocycles. The van der Waals surface area contributed by atoms with Gasteiger partial charge in [0.25, 0.3) is 0 Å². The SMILES string of the molecule is CC1=Nc2ccccc2C1=Cc1sc(Nc2cc(Cl)ccc2C)nc1O. The van der Waals surface area contributed by atoms with Crippen molar-refractivity contribution in [2.75, 3.05) is 5.32 Å². The van der Waals surface area contributed by atoms with Gasteiger partial charge >= 0.3 is 0 Å². The first kappa shape index (κ1) is 16.8. The molecular weight excluding hydrogens is 366 g/mol. The van der Waals surface area contributed by atoms with Crippen molar-refractivity contribution in [2.24, 2.45) is 4.99 Å². The Balaban J connectivity index is 1.68. The third kappa shape index (κ3) is 3.11. The van der Waals surface area contributed by atoms with Crippen LogP contribution in [0.15, 0.2) is 47.5 Å². The number of anilines is 2. The van der Waals surface area contributed by atoms with Crippen molar-refractivity contribution in [3.63, 3.8) is 0 Å². The Morgan fingerprint density at radius 3 is 2.81 bits per heavy atom. The number of halogens is 1. The average Bonchev–Trinajstić information content (AvgIpc) is 3.11. The maximum atomic E-state index is 10.3. The van der Waals surface area contributed by atoms with E-state index >= 15 is 0 Å². The van der Waals surface area contributed by atoms with Gasteiger partial charge in [0.15, 0.2) is 5.13 Å². The van der Waals surface area contributed by atoms with Crippen LogP contribution in [0.25, 0.3) is 11.6 Å². The molecule has 0 fully saturated rings. The fraction of sp³-hybridized carbons (Fsp3) is 0.100. The quantitative estimate of drug-likeness (QED) is 0.567. The molecule has 4 nitrogen and oxygen atoms in total. The van der Waals surface area contributed by atoms with E-state index in [0.717, 1.165) is 33.8 Å². The summed E-state index contributed by atoms with van der Waals surface area (Å²) in [7, 11) is 0. The van der Waals surface area contributed by atoms with Gasteiger partial charge < -0.3 is 10.4 Å². The number of allylic oxidation sites excluding steroid dienone is 1. The Hall–Kier alpha value is -2.63. The van der Waals surface area contributed by atoms with E-state index in [0.29, 0.717) is 15.0 Å². The topological polar surface area (TPSA) is 57.5 Å². The zero-order valence-electron chi connectivity index (χ0n) is 14.2. The molecule has 0 atom stereocenters. The Morgan fingerprint density at radius 1 is 1.15 bits per heavy atom. The Labute approximate surface area is 160 Å². The lowest BCUT2D eigenvalue weighted by Crippen LogP contribution is -1.91. The number of nitrogens with one attached hydrogen (secondary N) is 1. The van der Waals surface area contributed by atoms with E-state index in [4.69, 9.17) is 11.6 Å². The standard InChI is InChI=1S/C20H16ClN3OS/c1-11-7-8-13(21)9-17(11)23-20-24-19(25)18(26-20)10-15-12(2)22-16-6-4-3-5-14(15)16/h3-10,25H,1-2H3,(H,23,24). The van der Waals surface area contributed by atoms with Crippen molar-refractivity contribution in [1.29, 1.82) is 0 Å². The second-order valence-electron chi connectivity index (χ2n) is 6.06. The highest BCUT2D eigenvalue weighted by atomic mass is 35.5. The molecule has 1 aliphatic heterocycles. The molecule has 0 aliphatic carbocycles. The molecule has 6 heteroatoms. The molecule has 26 heavy (non-hydrogen) atoms. The Kier molecular flexibility index (Phi) is 4.26. The predicted molar refractivity (Wildman–Crippen MR) is 110 cm³/mol. The highest BCUT2D eigenvalue weighted by molar-refractivity contribution is 7.16. The lowest BCUT2D eigenvalue weighted by Gasteiger charge is -2.06. The van der Waals surface area contributed by atoms with E-state index in [9.17, 15) is 5.11 Å². The third-order valence-electron chi connectivity index (χ3n) is 4.22. The summed E-state index contributed by atoms with van der Waals surface area (Å²) in [6.45, 7) is 3.96. The van der Waals surface area contributed by atoms with Gasteiger partial charge in [-0.1, -0.05) is 47.2 Å². The van der Waals surface area contributed by atoms with Crippen molar-refractivity contribution in [2.45, 2.75) is 13.8 Å². The molecule has 0 bridgehead atoms. The number of para-hydroxylation sites is 1. The van der Waals surface area contributed by atoms with Crippen molar-refractivity contribution >= 4 is 56.8 Å². The summed E-state index contributed by atoms with van der Waals surface area (Å²) in [6, 6.07) is 13.6. The van der Waals surface area contributed by atoms with Crippen LogP contribution in [-0.4, -0.2) is 15.8 Å². The molecule has 130 valence electrons. The smallest absolute Gasteiger partial charge is 0.231 e. The van der Waals surface area contributed by atoms with E-state index < -0.39 is 0 Å². The van der Waals surface area contributed by atoms with Crippen molar-refractivity contribution < 1.29 is 5.11 Å². The number of thiazole rings is 1. The Morgan fingerprint density at radius 2 is 1.96 bits per heavy atom. The van der Waals surface area contributed by atoms with Gasteiger partial charge in [-0.3, -0.25) is 4.99 Å². The first-order valence-electron chi connectivity index (χ1n) is 8.11. The number of benzene rings is 2. The van der Waals surface area contributed by atoms with Crippen LogP contribution in [0.4, 0.5) is 16.5 Å². The van der Waals surface area contributed by atoms with Crippen LogP contribution in [-0.2, 0) is 0 Å². The molecule has 3 aromatic rings. The van der Waals surface area contributed by atoms with Crippen LogP contribution in [0, 0.1) is 6.92 Å². The summed E-state index contributed by atoms with van der Waals surface area (Å²) in [4.78, 5) is 9.50. The fourth-order valence-corrected chi connectivity index (χ4v) is 3.85. The predicted octanol–water partition coefficient (Wildman–Crippen LogP) is 6.20. The van der Waals surface area contributed by atoms with Crippen LogP contribution in [0.3, 0.4) is 0 Å². The minimum absolute atomic E-state index is 0.00172. The molecule has 1 aromatic heterocycles. The zero-order chi connectivity index (χ0) is 18.3. The van der Waals surface area contributed by atoms with Crippen molar-refractivity contribution in [1.82, 2.24) is 4.98 Å². The normalized spacial score (nSPS) is 14.4. The maximum Gasteiger partial charge on any atom is 0.231 e. The highest BCUT2D eigenvalue weighted by Gasteiger charge is 2.19. The van der Waals surface area contributed by atoms with Gasteiger partial charge in [-0.15, -0.1) is 0 Å². The van der Waals surface area contributed by atoms with Gasteiger partial charge in [0.1, 0.15) is 0 Å². The van der Waals surface area contributed by atoms with E-state index in [2.05, 4.69) is 15.3 Å². The number of aromatic hydroxyl groups is 1. The molecule has 1 aliphatic rings. The second kappa shape index (κ2) is 6.59. The number of aliphatic imine (C=N–C) groups is 1. The number of hydrogen-bond acceptors (Lipinski definition) is 5. The van der Waals surface area contributed by atoms with Crippen molar-refractivity contribution in [3.05, 3.63) is 63.5 Å². The molecule has 0 saturated carbocycles. The molecule has 0 amide bonds. The van der Waals surface area contributed by atoms with Crippen LogP contribution >= 0.6 is 22.9 Å². The first-order valence-corrected chi connectivity index (χ1v) is 9.30. The van der Waals surface area contributed by atoms with Crippen LogP contribution in [0.1, 0.15) is 22.9 Å². The fourth-order valence-electron chi connectivity index (χ4n) is 2.86. The largest absolute Gasteiger partial charge is 0.492 e. The zero-order valence-corrected chi connectivity index (χ0v) is 15.8. The molecule has 0 unspecified atom stereocenters.